The van der Waals surface area contributed by atoms with Gasteiger partial charge in [0.1, 0.15) is 14.9 Å². The van der Waals surface area contributed by atoms with Crippen molar-refractivity contribution in [1.29, 1.82) is 0 Å². The third-order valence-corrected chi connectivity index (χ3v) is 5.39. The van der Waals surface area contributed by atoms with Crippen LogP contribution in [0.15, 0.2) is 6.20 Å². The molecule has 0 unspecified atom stereocenters. The van der Waals surface area contributed by atoms with Gasteiger partial charge in [-0.3, -0.25) is 0 Å². The number of anilines is 1. The van der Waals surface area contributed by atoms with E-state index in [1.54, 1.807) is 0 Å². The molecule has 1 aromatic rings. The van der Waals surface area contributed by atoms with Crippen LogP contribution in [-0.2, 0) is 9.84 Å². The second-order valence-electron chi connectivity index (χ2n) is 5.01. The molecule has 0 bridgehead atoms. The van der Waals surface area contributed by atoms with E-state index < -0.39 is 9.84 Å². The molecule has 2 atom stereocenters. The fraction of sp³-hybridized carbons (Fsp3) is 0.667. The number of ether oxygens (including phenoxy) is 1. The largest absolute Gasteiger partial charge is 0.467 e. The minimum atomic E-state index is -3.00. The summed E-state index contributed by atoms with van der Waals surface area (Å²) in [5, 5.41) is 3.30. The molecule has 1 saturated carbocycles. The second kappa shape index (κ2) is 6.13. The molecule has 0 radical (unpaired) electrons. The van der Waals surface area contributed by atoms with Crippen molar-refractivity contribution in [3.8, 4) is 6.01 Å². The summed E-state index contributed by atoms with van der Waals surface area (Å²) >= 11 is 6.04. The Bertz CT molecular complexity index is 579. The zero-order valence-electron chi connectivity index (χ0n) is 11.5. The van der Waals surface area contributed by atoms with Crippen molar-refractivity contribution in [2.24, 2.45) is 0 Å². The predicted molar refractivity (Wildman–Crippen MR) is 78.1 cm³/mol. The maximum Gasteiger partial charge on any atom is 0.318 e. The monoisotopic (exact) mass is 319 g/mol. The molecule has 1 aliphatic rings. The Balaban J connectivity index is 2.10. The van der Waals surface area contributed by atoms with Gasteiger partial charge in [0.05, 0.1) is 18.6 Å². The molecular weight excluding hydrogens is 302 g/mol. The number of rotatable bonds is 4. The smallest absolute Gasteiger partial charge is 0.318 e. The van der Waals surface area contributed by atoms with Crippen LogP contribution >= 0.6 is 11.6 Å². The third-order valence-electron chi connectivity index (χ3n) is 3.48. The molecule has 20 heavy (non-hydrogen) atoms. The molecule has 1 aromatic heterocycles. The first-order valence-electron chi connectivity index (χ1n) is 6.42. The summed E-state index contributed by atoms with van der Waals surface area (Å²) in [7, 11) is -1.52. The highest BCUT2D eigenvalue weighted by Crippen LogP contribution is 2.28. The minimum Gasteiger partial charge on any atom is -0.467 e. The van der Waals surface area contributed by atoms with E-state index in [4.69, 9.17) is 16.3 Å². The second-order valence-corrected chi connectivity index (χ2v) is 7.75. The Hall–Kier alpha value is -1.08. The Morgan fingerprint density at radius 3 is 2.85 bits per heavy atom. The molecule has 0 spiro atoms. The van der Waals surface area contributed by atoms with E-state index in [9.17, 15) is 8.42 Å². The Morgan fingerprint density at radius 2 is 2.20 bits per heavy atom. The molecule has 6 nitrogen and oxygen atoms in total. The van der Waals surface area contributed by atoms with Crippen molar-refractivity contribution in [2.45, 2.75) is 37.0 Å². The van der Waals surface area contributed by atoms with Gasteiger partial charge in [-0.05, 0) is 19.3 Å². The van der Waals surface area contributed by atoms with Crippen LogP contribution in [-0.4, -0.2) is 43.0 Å². The van der Waals surface area contributed by atoms with Crippen molar-refractivity contribution in [2.75, 3.05) is 18.7 Å². The molecule has 2 rings (SSSR count). The van der Waals surface area contributed by atoms with Crippen molar-refractivity contribution in [3.05, 3.63) is 11.2 Å². The molecule has 0 amide bonds. The molecule has 0 saturated heterocycles. The predicted octanol–water partition coefficient (Wildman–Crippen LogP) is 1.91. The van der Waals surface area contributed by atoms with Crippen molar-refractivity contribution < 1.29 is 13.2 Å². The van der Waals surface area contributed by atoms with Gasteiger partial charge in [-0.15, -0.1) is 0 Å². The number of hydrogen-bond donors (Lipinski definition) is 1. The van der Waals surface area contributed by atoms with Gasteiger partial charge in [0.25, 0.3) is 0 Å². The summed E-state index contributed by atoms with van der Waals surface area (Å²) in [6.07, 6.45) is 5.82. The molecule has 112 valence electrons. The summed E-state index contributed by atoms with van der Waals surface area (Å²) in [6.45, 7) is 0. The van der Waals surface area contributed by atoms with E-state index in [2.05, 4.69) is 15.3 Å². The van der Waals surface area contributed by atoms with Crippen LogP contribution in [0.2, 0.25) is 5.02 Å². The number of aromatic nitrogens is 2. The standard InChI is InChI=1S/C12H18ClN3O3S/c1-19-12-14-7-10(13)11(16-12)15-8-4-3-5-9(6-8)20(2,17)18/h7-9H,3-6H2,1-2H3,(H,14,15,16)/t8-,9+/m0/s1. The van der Waals surface area contributed by atoms with Gasteiger partial charge in [-0.2, -0.15) is 4.98 Å². The maximum atomic E-state index is 11.7. The fourth-order valence-electron chi connectivity index (χ4n) is 2.41. The molecule has 0 aliphatic heterocycles. The van der Waals surface area contributed by atoms with Crippen molar-refractivity contribution in [1.82, 2.24) is 9.97 Å². The van der Waals surface area contributed by atoms with E-state index in [0.717, 1.165) is 19.3 Å². The van der Waals surface area contributed by atoms with Crippen LogP contribution in [0.25, 0.3) is 0 Å². The number of nitrogens with one attached hydrogen (secondary N) is 1. The molecule has 1 N–H and O–H groups in total. The van der Waals surface area contributed by atoms with Crippen LogP contribution in [0.4, 0.5) is 5.82 Å². The first-order valence-corrected chi connectivity index (χ1v) is 8.75. The van der Waals surface area contributed by atoms with E-state index in [1.807, 2.05) is 0 Å². The number of methoxy groups -OCH3 is 1. The SMILES string of the molecule is COc1ncc(Cl)c(N[C@H]2CCC[C@@H](S(C)(=O)=O)C2)n1. The van der Waals surface area contributed by atoms with Gasteiger partial charge in [-0.25, -0.2) is 13.4 Å². The average Bonchev–Trinajstić information content (AvgIpc) is 2.41. The first-order chi connectivity index (χ1) is 9.40. The maximum absolute atomic E-state index is 11.7. The molecular formula is C12H18ClN3O3S. The van der Waals surface area contributed by atoms with Gasteiger partial charge >= 0.3 is 6.01 Å². The van der Waals surface area contributed by atoms with E-state index >= 15 is 0 Å². The number of nitrogens with zero attached hydrogens (tertiary/aromatic N) is 2. The topological polar surface area (TPSA) is 81.2 Å². The van der Waals surface area contributed by atoms with Crippen molar-refractivity contribution >= 4 is 27.3 Å². The summed E-state index contributed by atoms with van der Waals surface area (Å²) in [5.74, 6) is 0.484. The summed E-state index contributed by atoms with van der Waals surface area (Å²) in [6, 6.07) is 0.271. The lowest BCUT2D eigenvalue weighted by Crippen LogP contribution is -2.34. The highest BCUT2D eigenvalue weighted by atomic mass is 35.5. The zero-order valence-corrected chi connectivity index (χ0v) is 13.0. The van der Waals surface area contributed by atoms with E-state index in [0.29, 0.717) is 17.3 Å². The lowest BCUT2D eigenvalue weighted by atomic mass is 9.95. The lowest BCUT2D eigenvalue weighted by Gasteiger charge is -2.29. The quantitative estimate of drug-likeness (QED) is 0.913. The molecule has 1 heterocycles. The molecule has 0 aromatic carbocycles. The van der Waals surface area contributed by atoms with Crippen LogP contribution in [0.1, 0.15) is 25.7 Å². The minimum absolute atomic E-state index is 0.0422. The number of halogens is 1. The Morgan fingerprint density at radius 1 is 1.45 bits per heavy atom. The van der Waals surface area contributed by atoms with E-state index in [-0.39, 0.29) is 17.3 Å². The molecule has 1 fully saturated rings. The van der Waals surface area contributed by atoms with Crippen LogP contribution in [0.3, 0.4) is 0 Å². The summed E-state index contributed by atoms with van der Waals surface area (Å²) < 4.78 is 28.3. The van der Waals surface area contributed by atoms with E-state index in [1.165, 1.54) is 19.6 Å². The van der Waals surface area contributed by atoms with Gasteiger partial charge < -0.3 is 10.1 Å². The van der Waals surface area contributed by atoms with Gasteiger partial charge in [0.2, 0.25) is 0 Å². The fourth-order valence-corrected chi connectivity index (χ4v) is 3.73. The highest BCUT2D eigenvalue weighted by molar-refractivity contribution is 7.91. The first kappa shape index (κ1) is 15.3. The normalized spacial score (nSPS) is 23.4. The lowest BCUT2D eigenvalue weighted by molar-refractivity contribution is 0.379. The van der Waals surface area contributed by atoms with Crippen molar-refractivity contribution in [3.63, 3.8) is 0 Å². The molecule has 1 aliphatic carbocycles. The Labute approximate surface area is 123 Å². The molecule has 8 heteroatoms. The number of hydrogen-bond acceptors (Lipinski definition) is 6. The Kier molecular flexibility index (Phi) is 4.70. The average molecular weight is 320 g/mol. The number of sulfone groups is 1. The summed E-state index contributed by atoms with van der Waals surface area (Å²) in [4.78, 5) is 8.05. The van der Waals surface area contributed by atoms with Crippen LogP contribution < -0.4 is 10.1 Å². The van der Waals surface area contributed by atoms with Crippen LogP contribution in [0.5, 0.6) is 6.01 Å². The van der Waals surface area contributed by atoms with Gasteiger partial charge in [-0.1, -0.05) is 18.0 Å². The summed E-state index contributed by atoms with van der Waals surface area (Å²) in [5.41, 5.74) is 0. The van der Waals surface area contributed by atoms with Crippen LogP contribution in [0, 0.1) is 0 Å². The zero-order chi connectivity index (χ0) is 14.8. The van der Waals surface area contributed by atoms with Gasteiger partial charge in [0.15, 0.2) is 5.82 Å². The highest BCUT2D eigenvalue weighted by Gasteiger charge is 2.29. The van der Waals surface area contributed by atoms with Gasteiger partial charge in [0, 0.05) is 12.3 Å². The third kappa shape index (κ3) is 3.73.